The van der Waals surface area contributed by atoms with Gasteiger partial charge in [-0.05, 0) is 126 Å². The highest BCUT2D eigenvalue weighted by molar-refractivity contribution is 5.88. The van der Waals surface area contributed by atoms with E-state index in [2.05, 4.69) is 42.0 Å². The van der Waals surface area contributed by atoms with Crippen LogP contribution in [0.25, 0.3) is 124 Å². The summed E-state index contributed by atoms with van der Waals surface area (Å²) in [5.74, 6) is 0.549. The number of pyridine rings is 9. The van der Waals surface area contributed by atoms with Crippen molar-refractivity contribution in [3.05, 3.63) is 214 Å². The molecule has 0 fully saturated rings. The second kappa shape index (κ2) is 18.8. The van der Waals surface area contributed by atoms with Crippen LogP contribution < -0.4 is 0 Å². The van der Waals surface area contributed by atoms with E-state index in [0.717, 1.165) is 78.3 Å². The number of aromatic nitrogens is 14. The van der Waals surface area contributed by atoms with E-state index in [4.69, 9.17) is 39.9 Å². The summed E-state index contributed by atoms with van der Waals surface area (Å²) in [6.45, 7) is 0. The number of hydrogen-bond donors (Lipinski definition) is 1. The lowest BCUT2D eigenvalue weighted by molar-refractivity contribution is 1.17. The van der Waals surface area contributed by atoms with Gasteiger partial charge in [0.05, 0.1) is 57.4 Å². The fourth-order valence-corrected chi connectivity index (χ4v) is 8.45. The van der Waals surface area contributed by atoms with Gasteiger partial charge in [0.25, 0.3) is 0 Å². The van der Waals surface area contributed by atoms with Crippen molar-refractivity contribution in [2.24, 2.45) is 0 Å². The van der Waals surface area contributed by atoms with Crippen LogP contribution in [0.2, 0.25) is 0 Å². The predicted molar refractivity (Wildman–Crippen MR) is 272 cm³/mol. The van der Waals surface area contributed by atoms with Gasteiger partial charge in [-0.25, -0.2) is 15.0 Å². The number of H-pyrrole nitrogens is 1. The Balaban J connectivity index is 0.928. The molecule has 0 aromatic carbocycles. The summed E-state index contributed by atoms with van der Waals surface area (Å²) in [4.78, 5) is 64.3. The molecule has 12 heterocycles. The Kier molecular flexibility index (Phi) is 11.2. The summed E-state index contributed by atoms with van der Waals surface area (Å²) in [6, 6.07) is 37.6. The Hall–Kier alpha value is -10.2. The fraction of sp³-hybridized carbons (Fsp3) is 0. The summed E-state index contributed by atoms with van der Waals surface area (Å²) < 4.78 is 0. The number of hydrogen-bond acceptors (Lipinski definition) is 13. The van der Waals surface area contributed by atoms with Gasteiger partial charge in [-0.3, -0.25) is 49.8 Å². The van der Waals surface area contributed by atoms with Gasteiger partial charge >= 0.3 is 0 Å². The minimum absolute atomic E-state index is 0.549. The van der Waals surface area contributed by atoms with Crippen LogP contribution in [-0.2, 0) is 0 Å². The Morgan fingerprint density at radius 3 is 1.27 bits per heavy atom. The summed E-state index contributed by atoms with van der Waals surface area (Å²) in [7, 11) is 0. The molecule has 334 valence electrons. The molecule has 71 heavy (non-hydrogen) atoms. The van der Waals surface area contributed by atoms with Crippen molar-refractivity contribution in [2.75, 3.05) is 0 Å². The lowest BCUT2D eigenvalue weighted by Gasteiger charge is -2.13. The van der Waals surface area contributed by atoms with Gasteiger partial charge in [0, 0.05) is 149 Å². The van der Waals surface area contributed by atoms with Crippen molar-refractivity contribution in [1.82, 2.24) is 69.8 Å². The molecule has 0 aliphatic heterocycles. The monoisotopic (exact) mass is 916 g/mol. The third-order valence-electron chi connectivity index (χ3n) is 11.9. The lowest BCUT2D eigenvalue weighted by Crippen LogP contribution is -1.99. The van der Waals surface area contributed by atoms with Crippen LogP contribution in [0.15, 0.2) is 214 Å². The molecule has 14 heteroatoms. The van der Waals surface area contributed by atoms with E-state index >= 15 is 0 Å². The number of nitrogens with zero attached hydrogens (tertiary/aromatic N) is 13. The zero-order valence-corrected chi connectivity index (χ0v) is 37.5. The fourth-order valence-electron chi connectivity index (χ4n) is 8.45. The predicted octanol–water partition coefficient (Wildman–Crippen LogP) is 11.5. The highest BCUT2D eigenvalue weighted by Gasteiger charge is 2.20. The zero-order valence-electron chi connectivity index (χ0n) is 37.5. The topological polar surface area (TPSA) is 183 Å². The van der Waals surface area contributed by atoms with Crippen LogP contribution >= 0.6 is 0 Å². The van der Waals surface area contributed by atoms with Gasteiger partial charge in [0.15, 0.2) is 5.82 Å². The maximum atomic E-state index is 5.23. The van der Waals surface area contributed by atoms with Crippen LogP contribution in [0.1, 0.15) is 0 Å². The molecule has 0 aliphatic carbocycles. The Morgan fingerprint density at radius 2 is 0.704 bits per heavy atom. The Bertz CT molecular complexity index is 3820. The van der Waals surface area contributed by atoms with Crippen molar-refractivity contribution in [1.29, 1.82) is 0 Å². The highest BCUT2D eigenvalue weighted by Crippen LogP contribution is 2.39. The quantitative estimate of drug-likeness (QED) is 0.129. The molecule has 0 radical (unpaired) electrons. The first-order valence-corrected chi connectivity index (χ1v) is 22.5. The first kappa shape index (κ1) is 42.2. The minimum atomic E-state index is 0.549. The van der Waals surface area contributed by atoms with Gasteiger partial charge in [-0.1, -0.05) is 0 Å². The van der Waals surface area contributed by atoms with Crippen LogP contribution in [0.3, 0.4) is 0 Å². The Morgan fingerprint density at radius 1 is 0.268 bits per heavy atom. The normalized spacial score (nSPS) is 11.1. The molecular weight excluding hydrogens is 881 g/mol. The average Bonchev–Trinajstić information content (AvgIpc) is 3.92. The van der Waals surface area contributed by atoms with Crippen molar-refractivity contribution in [2.45, 2.75) is 0 Å². The summed E-state index contributed by atoms with van der Waals surface area (Å²) >= 11 is 0. The summed E-state index contributed by atoms with van der Waals surface area (Å²) in [5.41, 5.74) is 17.4. The first-order chi connectivity index (χ1) is 35.2. The van der Waals surface area contributed by atoms with Crippen molar-refractivity contribution in [3.8, 4) is 124 Å². The molecule has 0 amide bonds. The van der Waals surface area contributed by atoms with E-state index in [1.807, 2.05) is 116 Å². The van der Waals surface area contributed by atoms with Crippen molar-refractivity contribution >= 4 is 0 Å². The highest BCUT2D eigenvalue weighted by atomic mass is 14.9. The zero-order chi connectivity index (χ0) is 47.3. The molecule has 12 aromatic rings. The second-order valence-corrected chi connectivity index (χ2v) is 16.3. The smallest absolute Gasteiger partial charge is 0.159 e. The second-order valence-electron chi connectivity index (χ2n) is 16.3. The molecule has 0 saturated heterocycles. The van der Waals surface area contributed by atoms with E-state index in [1.165, 1.54) is 0 Å². The molecule has 0 aliphatic rings. The van der Waals surface area contributed by atoms with E-state index < -0.39 is 0 Å². The number of aromatic amines is 1. The molecule has 0 unspecified atom stereocenters. The molecule has 0 atom stereocenters. The third kappa shape index (κ3) is 8.67. The minimum Gasteiger partial charge on any atom is -0.354 e. The molecule has 14 nitrogen and oxygen atoms in total. The number of nitrogens with one attached hydrogen (secondary N) is 1. The molecule has 12 aromatic heterocycles. The van der Waals surface area contributed by atoms with E-state index in [1.54, 1.807) is 86.8 Å². The van der Waals surface area contributed by atoms with Crippen LogP contribution in [0.4, 0.5) is 0 Å². The maximum absolute atomic E-state index is 5.23. The largest absolute Gasteiger partial charge is 0.354 e. The molecule has 0 bridgehead atoms. The summed E-state index contributed by atoms with van der Waals surface area (Å²) in [5, 5.41) is 0. The van der Waals surface area contributed by atoms with Gasteiger partial charge < -0.3 is 4.98 Å². The van der Waals surface area contributed by atoms with Crippen molar-refractivity contribution < 1.29 is 0 Å². The molecule has 1 N–H and O–H groups in total. The van der Waals surface area contributed by atoms with Gasteiger partial charge in [0.1, 0.15) is 0 Å². The standard InChI is InChI=1S/C57H36N14/c1-15-58-16-2-36(1)47-33-45(53(69-47)38-5-19-60-20-6-38)41-11-25-63-48(29-41)49-30-42(12-26-64-49)46-34-68-57(40-9-23-62-24-10-40)71-54(46)43-13-27-65-50(31-43)51-32-44(14-28-66-51)55-56(39-7-21-61-22-8-39)70-52(35-67-55)37-3-17-59-18-4-37/h1-35,69H. The van der Waals surface area contributed by atoms with Crippen LogP contribution in [-0.4, -0.2) is 69.8 Å². The van der Waals surface area contributed by atoms with E-state index in [9.17, 15) is 0 Å². The van der Waals surface area contributed by atoms with E-state index in [-0.39, 0.29) is 0 Å². The maximum Gasteiger partial charge on any atom is 0.159 e. The molecular formula is C57H36N14. The SMILES string of the molecule is c1cc(-c2cnc(-c3ccnc(-c4cc(-c5nc(-c6ccncc6)ncc5-c5ccnc(-c6cc(-c7cc(-c8ccncc8)[nH]c7-c7ccncc7)ccn6)c5)ccn4)c3)c(-c3ccncc3)n2)ccn1. The van der Waals surface area contributed by atoms with Gasteiger partial charge in [-0.15, -0.1) is 0 Å². The number of rotatable bonds is 11. The summed E-state index contributed by atoms with van der Waals surface area (Å²) in [6.07, 6.45) is 28.4. The lowest BCUT2D eigenvalue weighted by atomic mass is 9.98. The average molecular weight is 917 g/mol. The van der Waals surface area contributed by atoms with Crippen molar-refractivity contribution in [3.63, 3.8) is 0 Å². The Labute approximate surface area is 406 Å². The molecule has 0 spiro atoms. The third-order valence-corrected chi connectivity index (χ3v) is 11.9. The van der Waals surface area contributed by atoms with Crippen LogP contribution in [0, 0.1) is 0 Å². The van der Waals surface area contributed by atoms with Gasteiger partial charge in [-0.2, -0.15) is 0 Å². The van der Waals surface area contributed by atoms with E-state index in [0.29, 0.717) is 45.7 Å². The van der Waals surface area contributed by atoms with Crippen LogP contribution in [0.5, 0.6) is 0 Å². The van der Waals surface area contributed by atoms with Gasteiger partial charge in [0.2, 0.25) is 0 Å². The first-order valence-electron chi connectivity index (χ1n) is 22.5. The molecule has 0 saturated carbocycles. The molecule has 12 rings (SSSR count).